The maximum Gasteiger partial charge on any atom is 0.338 e. The Labute approximate surface area is 199 Å². The molecule has 4 rings (SSSR count). The summed E-state index contributed by atoms with van der Waals surface area (Å²) in [5.74, 6) is -0.489. The lowest BCUT2D eigenvalue weighted by Crippen LogP contribution is -2.52. The van der Waals surface area contributed by atoms with E-state index in [9.17, 15) is 9.59 Å². The second-order valence-electron chi connectivity index (χ2n) is 8.49. The molecular formula is C25H29ClN4O3. The lowest BCUT2D eigenvalue weighted by Gasteiger charge is -2.38. The molecule has 2 heterocycles. The predicted molar refractivity (Wildman–Crippen MR) is 129 cm³/mol. The number of ether oxygens (including phenoxy) is 1. The number of piperazine rings is 1. The fourth-order valence-corrected chi connectivity index (χ4v) is 4.71. The van der Waals surface area contributed by atoms with Crippen molar-refractivity contribution in [3.05, 3.63) is 75.4 Å². The zero-order chi connectivity index (χ0) is 23.5. The third kappa shape index (κ3) is 4.99. The molecule has 33 heavy (non-hydrogen) atoms. The molecule has 0 saturated carbocycles. The van der Waals surface area contributed by atoms with E-state index < -0.39 is 12.0 Å². The van der Waals surface area contributed by atoms with Crippen LogP contribution in [0.5, 0.6) is 0 Å². The Hall–Kier alpha value is -3.03. The molecule has 174 valence electrons. The van der Waals surface area contributed by atoms with E-state index in [1.54, 1.807) is 6.07 Å². The van der Waals surface area contributed by atoms with Gasteiger partial charge in [0, 0.05) is 49.1 Å². The van der Waals surface area contributed by atoms with Gasteiger partial charge in [-0.1, -0.05) is 41.9 Å². The number of nitrogens with one attached hydrogen (secondary N) is 2. The number of nitrogens with zero attached hydrogens (tertiary/aromatic N) is 2. The highest BCUT2D eigenvalue weighted by Gasteiger charge is 2.35. The van der Waals surface area contributed by atoms with Crippen molar-refractivity contribution in [1.82, 2.24) is 15.5 Å². The number of anilines is 1. The number of esters is 1. The van der Waals surface area contributed by atoms with Crippen LogP contribution in [0.25, 0.3) is 0 Å². The van der Waals surface area contributed by atoms with Crippen molar-refractivity contribution in [2.45, 2.75) is 19.9 Å². The van der Waals surface area contributed by atoms with E-state index in [4.69, 9.17) is 16.3 Å². The van der Waals surface area contributed by atoms with E-state index in [2.05, 4.69) is 52.5 Å². The first kappa shape index (κ1) is 23.1. The van der Waals surface area contributed by atoms with Gasteiger partial charge in [0.2, 0.25) is 0 Å². The number of carbonyl (C=O) groups excluding carboxylic acids is 2. The van der Waals surface area contributed by atoms with Crippen molar-refractivity contribution in [1.29, 1.82) is 0 Å². The summed E-state index contributed by atoms with van der Waals surface area (Å²) in [6, 6.07) is 12.7. The van der Waals surface area contributed by atoms with Crippen molar-refractivity contribution in [3.63, 3.8) is 0 Å². The number of halogens is 1. The van der Waals surface area contributed by atoms with E-state index in [1.807, 2.05) is 18.2 Å². The Balaban J connectivity index is 1.56. The van der Waals surface area contributed by atoms with Gasteiger partial charge in [-0.15, -0.1) is 0 Å². The number of urea groups is 1. The molecule has 2 aliphatic heterocycles. The van der Waals surface area contributed by atoms with Gasteiger partial charge in [0.25, 0.3) is 0 Å². The molecule has 8 heteroatoms. The Morgan fingerprint density at radius 2 is 1.85 bits per heavy atom. The van der Waals surface area contributed by atoms with Crippen molar-refractivity contribution >= 4 is 29.3 Å². The summed E-state index contributed by atoms with van der Waals surface area (Å²) in [6.45, 7) is 8.04. The molecule has 1 saturated heterocycles. The largest absolute Gasteiger partial charge is 0.466 e. The molecule has 0 unspecified atom stereocenters. The third-order valence-corrected chi connectivity index (χ3v) is 6.58. The Morgan fingerprint density at radius 3 is 2.55 bits per heavy atom. The van der Waals surface area contributed by atoms with E-state index in [0.717, 1.165) is 26.2 Å². The fourth-order valence-electron chi connectivity index (χ4n) is 4.47. The molecule has 2 aromatic rings. The van der Waals surface area contributed by atoms with Crippen LogP contribution >= 0.6 is 11.6 Å². The van der Waals surface area contributed by atoms with Gasteiger partial charge in [0.05, 0.1) is 18.7 Å². The first-order valence-electron chi connectivity index (χ1n) is 11.0. The molecule has 2 aromatic carbocycles. The average molecular weight is 469 g/mol. The van der Waals surface area contributed by atoms with Crippen LogP contribution in [0.3, 0.4) is 0 Å². The summed E-state index contributed by atoms with van der Waals surface area (Å²) in [7, 11) is 1.34. The van der Waals surface area contributed by atoms with E-state index >= 15 is 0 Å². The molecule has 1 atom stereocenters. The summed E-state index contributed by atoms with van der Waals surface area (Å²) in [6.07, 6.45) is 0. The fraction of sp³-hybridized carbons (Fsp3) is 0.360. The Bertz CT molecular complexity index is 1090. The van der Waals surface area contributed by atoms with Crippen LogP contribution in [0.15, 0.2) is 53.7 Å². The molecule has 2 aliphatic rings. The lowest BCUT2D eigenvalue weighted by atomic mass is 9.95. The summed E-state index contributed by atoms with van der Waals surface area (Å²) in [5, 5.41) is 6.14. The first-order chi connectivity index (χ1) is 15.9. The standard InChI is InChI=1S/C25H29ClN4O3/c1-16-8-9-17(2)21(14-16)30-12-10-29(11-13-30)15-20-22(24(31)33-3)23(28-25(32)27-20)18-6-4-5-7-19(18)26/h4-9,14,23H,10-13,15H2,1-3H3,(H2,27,28,32)/t23-/m0/s1. The molecule has 0 aliphatic carbocycles. The Morgan fingerprint density at radius 1 is 1.12 bits per heavy atom. The van der Waals surface area contributed by atoms with Crippen molar-refractivity contribution in [3.8, 4) is 0 Å². The van der Waals surface area contributed by atoms with Crippen LogP contribution in [0.4, 0.5) is 10.5 Å². The number of amides is 2. The van der Waals surface area contributed by atoms with Crippen molar-refractivity contribution < 1.29 is 14.3 Å². The van der Waals surface area contributed by atoms with Gasteiger partial charge in [0.15, 0.2) is 0 Å². The molecule has 0 aromatic heterocycles. The quantitative estimate of drug-likeness (QED) is 0.656. The van der Waals surface area contributed by atoms with Gasteiger partial charge < -0.3 is 20.3 Å². The number of aryl methyl sites for hydroxylation is 2. The molecule has 1 fully saturated rings. The summed E-state index contributed by atoms with van der Waals surface area (Å²) >= 11 is 6.39. The van der Waals surface area contributed by atoms with Crippen LogP contribution in [0.1, 0.15) is 22.7 Å². The van der Waals surface area contributed by atoms with E-state index in [1.165, 1.54) is 23.9 Å². The smallest absolute Gasteiger partial charge is 0.338 e. The van der Waals surface area contributed by atoms with Gasteiger partial charge in [-0.05, 0) is 42.7 Å². The highest BCUT2D eigenvalue weighted by molar-refractivity contribution is 6.31. The second-order valence-corrected chi connectivity index (χ2v) is 8.90. The highest BCUT2D eigenvalue weighted by Crippen LogP contribution is 2.32. The molecule has 0 spiro atoms. The number of hydrogen-bond donors (Lipinski definition) is 2. The number of carbonyl (C=O) groups is 2. The van der Waals surface area contributed by atoms with Gasteiger partial charge in [-0.2, -0.15) is 0 Å². The minimum atomic E-state index is -0.675. The average Bonchev–Trinajstić information content (AvgIpc) is 2.81. The zero-order valence-corrected chi connectivity index (χ0v) is 19.9. The van der Waals surface area contributed by atoms with Gasteiger partial charge in [-0.25, -0.2) is 9.59 Å². The first-order valence-corrected chi connectivity index (χ1v) is 11.4. The summed E-state index contributed by atoms with van der Waals surface area (Å²) in [5.41, 5.74) is 5.36. The molecule has 0 radical (unpaired) electrons. The molecule has 2 N–H and O–H groups in total. The second kappa shape index (κ2) is 9.85. The van der Waals surface area contributed by atoms with Gasteiger partial charge >= 0.3 is 12.0 Å². The van der Waals surface area contributed by atoms with Gasteiger partial charge in [0.1, 0.15) is 0 Å². The maximum atomic E-state index is 12.8. The van der Waals surface area contributed by atoms with Crippen LogP contribution in [-0.2, 0) is 9.53 Å². The van der Waals surface area contributed by atoms with Gasteiger partial charge in [-0.3, -0.25) is 4.90 Å². The van der Waals surface area contributed by atoms with Crippen molar-refractivity contribution in [2.75, 3.05) is 44.7 Å². The monoisotopic (exact) mass is 468 g/mol. The number of methoxy groups -OCH3 is 1. The number of hydrogen-bond acceptors (Lipinski definition) is 5. The summed E-state index contributed by atoms with van der Waals surface area (Å²) in [4.78, 5) is 29.9. The van der Waals surface area contributed by atoms with Crippen LogP contribution in [0.2, 0.25) is 5.02 Å². The highest BCUT2D eigenvalue weighted by atomic mass is 35.5. The third-order valence-electron chi connectivity index (χ3n) is 6.23. The number of rotatable bonds is 5. The number of benzene rings is 2. The lowest BCUT2D eigenvalue weighted by molar-refractivity contribution is -0.136. The minimum absolute atomic E-state index is 0.364. The van der Waals surface area contributed by atoms with Crippen LogP contribution in [0, 0.1) is 13.8 Å². The normalized spacial score (nSPS) is 19.2. The summed E-state index contributed by atoms with van der Waals surface area (Å²) < 4.78 is 5.08. The topological polar surface area (TPSA) is 73.9 Å². The van der Waals surface area contributed by atoms with E-state index in [-0.39, 0.29) is 6.03 Å². The molecular weight excluding hydrogens is 440 g/mol. The maximum absolute atomic E-state index is 12.8. The zero-order valence-electron chi connectivity index (χ0n) is 19.2. The van der Waals surface area contributed by atoms with E-state index in [0.29, 0.717) is 28.4 Å². The molecule has 2 amide bonds. The predicted octanol–water partition coefficient (Wildman–Crippen LogP) is 3.56. The van der Waals surface area contributed by atoms with Crippen LogP contribution < -0.4 is 15.5 Å². The minimum Gasteiger partial charge on any atom is -0.466 e. The van der Waals surface area contributed by atoms with Crippen molar-refractivity contribution in [2.24, 2.45) is 0 Å². The van der Waals surface area contributed by atoms with Crippen LogP contribution in [-0.4, -0.2) is 56.7 Å². The molecule has 7 nitrogen and oxygen atoms in total. The SMILES string of the molecule is COC(=O)C1=C(CN2CCN(c3cc(C)ccc3C)CC2)NC(=O)N[C@H]1c1ccccc1Cl. The Kier molecular flexibility index (Phi) is 6.91. The molecule has 0 bridgehead atoms.